The second-order valence-electron chi connectivity index (χ2n) is 3.89. The van der Waals surface area contributed by atoms with Crippen LogP contribution in [0.4, 0.5) is 0 Å². The Morgan fingerprint density at radius 3 is 2.69 bits per heavy atom. The predicted octanol–water partition coefficient (Wildman–Crippen LogP) is 1.81. The van der Waals surface area contributed by atoms with E-state index in [-0.39, 0.29) is 18.7 Å². The third-order valence-corrected chi connectivity index (χ3v) is 3.29. The van der Waals surface area contributed by atoms with E-state index in [2.05, 4.69) is 34.2 Å². The van der Waals surface area contributed by atoms with Crippen LogP contribution in [0.3, 0.4) is 0 Å². The van der Waals surface area contributed by atoms with E-state index >= 15 is 0 Å². The van der Waals surface area contributed by atoms with E-state index in [0.29, 0.717) is 6.54 Å². The zero-order valence-electron chi connectivity index (χ0n) is 9.49. The number of hydrogen-bond donors (Lipinski definition) is 3. The van der Waals surface area contributed by atoms with E-state index in [4.69, 9.17) is 10.8 Å². The lowest BCUT2D eigenvalue weighted by molar-refractivity contribution is 0.263. The van der Waals surface area contributed by atoms with Gasteiger partial charge >= 0.3 is 0 Å². The summed E-state index contributed by atoms with van der Waals surface area (Å²) >= 11 is 3.52. The SMILES string of the molecule is CC(CCO)NC(CN)c1ccccc1Br. The maximum absolute atomic E-state index is 8.87. The van der Waals surface area contributed by atoms with Crippen molar-refractivity contribution in [2.45, 2.75) is 25.4 Å². The summed E-state index contributed by atoms with van der Waals surface area (Å²) in [6, 6.07) is 8.43. The standard InChI is InChI=1S/C12H19BrN2O/c1-9(6-7-16)15-12(8-14)10-4-2-3-5-11(10)13/h2-5,9,12,15-16H,6-8,14H2,1H3. The summed E-state index contributed by atoms with van der Waals surface area (Å²) in [5, 5.41) is 12.3. The van der Waals surface area contributed by atoms with Gasteiger partial charge in [0.15, 0.2) is 0 Å². The van der Waals surface area contributed by atoms with E-state index in [0.717, 1.165) is 16.5 Å². The van der Waals surface area contributed by atoms with Crippen LogP contribution in [0.25, 0.3) is 0 Å². The van der Waals surface area contributed by atoms with Gasteiger partial charge in [0.05, 0.1) is 0 Å². The molecule has 0 aliphatic carbocycles. The highest BCUT2D eigenvalue weighted by Crippen LogP contribution is 2.22. The van der Waals surface area contributed by atoms with Gasteiger partial charge in [-0.25, -0.2) is 0 Å². The van der Waals surface area contributed by atoms with Crippen LogP contribution in [0.5, 0.6) is 0 Å². The Bertz CT molecular complexity index is 320. The molecule has 1 rings (SSSR count). The summed E-state index contributed by atoms with van der Waals surface area (Å²) in [5.41, 5.74) is 6.93. The molecule has 0 saturated carbocycles. The summed E-state index contributed by atoms with van der Waals surface area (Å²) in [5.74, 6) is 0. The van der Waals surface area contributed by atoms with Crippen LogP contribution in [0, 0.1) is 0 Å². The molecule has 0 saturated heterocycles. The second-order valence-corrected chi connectivity index (χ2v) is 4.74. The minimum absolute atomic E-state index is 0.122. The fourth-order valence-electron chi connectivity index (χ4n) is 1.66. The first-order valence-corrected chi connectivity index (χ1v) is 6.29. The van der Waals surface area contributed by atoms with Crippen molar-refractivity contribution in [3.63, 3.8) is 0 Å². The molecule has 90 valence electrons. The van der Waals surface area contributed by atoms with Crippen molar-refractivity contribution >= 4 is 15.9 Å². The van der Waals surface area contributed by atoms with Crippen molar-refractivity contribution in [2.75, 3.05) is 13.2 Å². The van der Waals surface area contributed by atoms with Gasteiger partial charge in [-0.05, 0) is 25.0 Å². The third-order valence-electron chi connectivity index (χ3n) is 2.56. The summed E-state index contributed by atoms with van der Waals surface area (Å²) in [6.45, 7) is 2.79. The number of hydrogen-bond acceptors (Lipinski definition) is 3. The minimum atomic E-state index is 0.122. The van der Waals surface area contributed by atoms with Crippen molar-refractivity contribution in [3.8, 4) is 0 Å². The molecule has 2 unspecified atom stereocenters. The van der Waals surface area contributed by atoms with Crippen LogP contribution in [0.15, 0.2) is 28.7 Å². The Kier molecular flexibility index (Phi) is 5.98. The molecule has 0 bridgehead atoms. The van der Waals surface area contributed by atoms with Crippen molar-refractivity contribution in [1.29, 1.82) is 0 Å². The van der Waals surface area contributed by atoms with E-state index in [1.54, 1.807) is 0 Å². The molecule has 0 heterocycles. The van der Waals surface area contributed by atoms with Gasteiger partial charge < -0.3 is 16.2 Å². The van der Waals surface area contributed by atoms with Crippen molar-refractivity contribution in [1.82, 2.24) is 5.32 Å². The molecule has 0 aliphatic rings. The van der Waals surface area contributed by atoms with E-state index < -0.39 is 0 Å². The molecule has 3 nitrogen and oxygen atoms in total. The molecule has 1 aromatic rings. The molecule has 4 heteroatoms. The Balaban J connectivity index is 2.71. The number of nitrogens with one attached hydrogen (secondary N) is 1. The third kappa shape index (κ3) is 3.87. The van der Waals surface area contributed by atoms with Crippen molar-refractivity contribution in [3.05, 3.63) is 34.3 Å². The van der Waals surface area contributed by atoms with Crippen molar-refractivity contribution in [2.24, 2.45) is 5.73 Å². The van der Waals surface area contributed by atoms with Crippen LogP contribution in [0.2, 0.25) is 0 Å². The van der Waals surface area contributed by atoms with Crippen molar-refractivity contribution < 1.29 is 5.11 Å². The number of rotatable bonds is 6. The Morgan fingerprint density at radius 2 is 2.12 bits per heavy atom. The highest BCUT2D eigenvalue weighted by atomic mass is 79.9. The second kappa shape index (κ2) is 7.01. The monoisotopic (exact) mass is 286 g/mol. The fraction of sp³-hybridized carbons (Fsp3) is 0.500. The lowest BCUT2D eigenvalue weighted by atomic mass is 10.1. The average molecular weight is 287 g/mol. The van der Waals surface area contributed by atoms with Gasteiger partial charge in [0.2, 0.25) is 0 Å². The average Bonchev–Trinajstić information content (AvgIpc) is 2.27. The number of aliphatic hydroxyl groups excluding tert-OH is 1. The molecule has 0 fully saturated rings. The molecule has 0 aliphatic heterocycles. The molecule has 1 aromatic carbocycles. The Hall–Kier alpha value is -0.420. The lowest BCUT2D eigenvalue weighted by Gasteiger charge is -2.23. The predicted molar refractivity (Wildman–Crippen MR) is 70.2 cm³/mol. The van der Waals surface area contributed by atoms with Gasteiger partial charge in [-0.15, -0.1) is 0 Å². The number of aliphatic hydroxyl groups is 1. The molecule has 4 N–H and O–H groups in total. The summed E-state index contributed by atoms with van der Waals surface area (Å²) < 4.78 is 1.06. The highest BCUT2D eigenvalue weighted by Gasteiger charge is 2.14. The smallest absolute Gasteiger partial charge is 0.0457 e. The molecular formula is C12H19BrN2O. The van der Waals surface area contributed by atoms with Gasteiger partial charge in [-0.1, -0.05) is 34.1 Å². The molecule has 0 spiro atoms. The summed E-state index contributed by atoms with van der Waals surface area (Å²) in [6.07, 6.45) is 0.737. The first-order chi connectivity index (χ1) is 7.69. The topological polar surface area (TPSA) is 58.3 Å². The van der Waals surface area contributed by atoms with Gasteiger partial charge in [0, 0.05) is 29.7 Å². The van der Waals surface area contributed by atoms with Gasteiger partial charge in [-0.2, -0.15) is 0 Å². The zero-order chi connectivity index (χ0) is 12.0. The molecule has 16 heavy (non-hydrogen) atoms. The van der Waals surface area contributed by atoms with Crippen LogP contribution in [0.1, 0.15) is 24.9 Å². The maximum Gasteiger partial charge on any atom is 0.0457 e. The zero-order valence-corrected chi connectivity index (χ0v) is 11.1. The number of nitrogens with two attached hydrogens (primary N) is 1. The van der Waals surface area contributed by atoms with Crippen LogP contribution >= 0.6 is 15.9 Å². The lowest BCUT2D eigenvalue weighted by Crippen LogP contribution is -2.35. The van der Waals surface area contributed by atoms with E-state index in [9.17, 15) is 0 Å². The minimum Gasteiger partial charge on any atom is -0.396 e. The largest absolute Gasteiger partial charge is 0.396 e. The first kappa shape index (κ1) is 13.6. The maximum atomic E-state index is 8.87. The van der Waals surface area contributed by atoms with E-state index in [1.165, 1.54) is 0 Å². The fourth-order valence-corrected chi connectivity index (χ4v) is 2.22. The normalized spacial score (nSPS) is 14.8. The summed E-state index contributed by atoms with van der Waals surface area (Å²) in [4.78, 5) is 0. The quantitative estimate of drug-likeness (QED) is 0.748. The summed E-state index contributed by atoms with van der Waals surface area (Å²) in [7, 11) is 0. The van der Waals surface area contributed by atoms with Crippen LogP contribution in [-0.4, -0.2) is 24.3 Å². The molecule has 0 amide bonds. The van der Waals surface area contributed by atoms with Gasteiger partial charge in [0.1, 0.15) is 0 Å². The molecule has 0 aromatic heterocycles. The Labute approximate surface area is 105 Å². The molecular weight excluding hydrogens is 268 g/mol. The van der Waals surface area contributed by atoms with Crippen LogP contribution < -0.4 is 11.1 Å². The highest BCUT2D eigenvalue weighted by molar-refractivity contribution is 9.10. The van der Waals surface area contributed by atoms with Gasteiger partial charge in [-0.3, -0.25) is 0 Å². The van der Waals surface area contributed by atoms with Gasteiger partial charge in [0.25, 0.3) is 0 Å². The van der Waals surface area contributed by atoms with Crippen LogP contribution in [-0.2, 0) is 0 Å². The molecule has 2 atom stereocenters. The Morgan fingerprint density at radius 1 is 1.44 bits per heavy atom. The van der Waals surface area contributed by atoms with E-state index in [1.807, 2.05) is 18.2 Å². The number of benzene rings is 1. The first-order valence-electron chi connectivity index (χ1n) is 5.50. The number of halogens is 1. The molecule has 0 radical (unpaired) electrons.